The molecular formula is C29H34ClN3O5S. The zero-order valence-corrected chi connectivity index (χ0v) is 23.9. The van der Waals surface area contributed by atoms with Gasteiger partial charge in [-0.15, -0.1) is 0 Å². The lowest BCUT2D eigenvalue weighted by Crippen LogP contribution is -2.52. The largest absolute Gasteiger partial charge is 0.495 e. The zero-order chi connectivity index (χ0) is 28.4. The van der Waals surface area contributed by atoms with Crippen LogP contribution in [0.5, 0.6) is 5.75 Å². The molecule has 39 heavy (non-hydrogen) atoms. The van der Waals surface area contributed by atoms with Crippen LogP contribution in [0.25, 0.3) is 0 Å². The van der Waals surface area contributed by atoms with Crippen molar-refractivity contribution in [3.8, 4) is 5.75 Å². The number of rotatable bonds is 13. The van der Waals surface area contributed by atoms with Gasteiger partial charge in [0.05, 0.1) is 22.7 Å². The normalized spacial score (nSPS) is 11.9. The van der Waals surface area contributed by atoms with E-state index in [1.54, 1.807) is 24.3 Å². The number of methoxy groups -OCH3 is 1. The SMILES string of the molecule is CCCNC(=O)C(CC)N(Cc1ccccc1)C(=O)CN(c1ccc(OC)c(Cl)c1)S(=O)(=O)c1ccccc1. The maximum absolute atomic E-state index is 14.0. The van der Waals surface area contributed by atoms with Gasteiger partial charge in [-0.1, -0.05) is 74.0 Å². The lowest BCUT2D eigenvalue weighted by molar-refractivity contribution is -0.140. The second kappa shape index (κ2) is 14.0. The van der Waals surface area contributed by atoms with Crippen molar-refractivity contribution in [2.24, 2.45) is 0 Å². The molecule has 2 amide bonds. The van der Waals surface area contributed by atoms with Crippen LogP contribution in [0.3, 0.4) is 0 Å². The molecule has 3 aromatic carbocycles. The van der Waals surface area contributed by atoms with Gasteiger partial charge in [0.2, 0.25) is 11.8 Å². The van der Waals surface area contributed by atoms with Crippen molar-refractivity contribution in [3.63, 3.8) is 0 Å². The number of nitrogens with one attached hydrogen (secondary N) is 1. The molecular weight excluding hydrogens is 538 g/mol. The summed E-state index contributed by atoms with van der Waals surface area (Å²) >= 11 is 6.34. The van der Waals surface area contributed by atoms with Crippen LogP contribution < -0.4 is 14.4 Å². The number of ether oxygens (including phenoxy) is 1. The van der Waals surface area contributed by atoms with Crippen molar-refractivity contribution >= 4 is 39.1 Å². The van der Waals surface area contributed by atoms with Crippen LogP contribution in [0.2, 0.25) is 5.02 Å². The number of hydrogen-bond acceptors (Lipinski definition) is 5. The third-order valence-electron chi connectivity index (χ3n) is 6.16. The Hall–Kier alpha value is -3.56. The van der Waals surface area contributed by atoms with Crippen LogP contribution in [-0.2, 0) is 26.2 Å². The number of amides is 2. The molecule has 0 radical (unpaired) electrons. The van der Waals surface area contributed by atoms with Crippen molar-refractivity contribution < 1.29 is 22.7 Å². The fourth-order valence-electron chi connectivity index (χ4n) is 4.12. The lowest BCUT2D eigenvalue weighted by atomic mass is 10.1. The summed E-state index contributed by atoms with van der Waals surface area (Å²) in [4.78, 5) is 28.5. The highest BCUT2D eigenvalue weighted by atomic mass is 35.5. The fourth-order valence-corrected chi connectivity index (χ4v) is 5.80. The van der Waals surface area contributed by atoms with E-state index in [0.717, 1.165) is 16.3 Å². The van der Waals surface area contributed by atoms with E-state index in [1.807, 2.05) is 44.2 Å². The van der Waals surface area contributed by atoms with Gasteiger partial charge in [-0.2, -0.15) is 0 Å². The van der Waals surface area contributed by atoms with Gasteiger partial charge in [0.1, 0.15) is 18.3 Å². The monoisotopic (exact) mass is 571 g/mol. The van der Waals surface area contributed by atoms with Crippen LogP contribution in [0.1, 0.15) is 32.3 Å². The number of anilines is 1. The molecule has 0 aromatic heterocycles. The van der Waals surface area contributed by atoms with E-state index in [0.29, 0.717) is 18.7 Å². The molecule has 0 fully saturated rings. The lowest BCUT2D eigenvalue weighted by Gasteiger charge is -2.33. The summed E-state index contributed by atoms with van der Waals surface area (Å²) in [7, 11) is -2.72. The molecule has 1 N–H and O–H groups in total. The van der Waals surface area contributed by atoms with Crippen molar-refractivity contribution in [3.05, 3.63) is 89.4 Å². The first-order valence-electron chi connectivity index (χ1n) is 12.7. The van der Waals surface area contributed by atoms with Gasteiger partial charge in [0.25, 0.3) is 10.0 Å². The first kappa shape index (κ1) is 30.0. The molecule has 0 saturated carbocycles. The summed E-state index contributed by atoms with van der Waals surface area (Å²) in [5, 5.41) is 3.07. The predicted octanol–water partition coefficient (Wildman–Crippen LogP) is 4.88. The highest BCUT2D eigenvalue weighted by Gasteiger charge is 2.33. The molecule has 0 saturated heterocycles. The number of nitrogens with zero attached hydrogens (tertiary/aromatic N) is 2. The molecule has 208 valence electrons. The number of hydrogen-bond donors (Lipinski definition) is 1. The van der Waals surface area contributed by atoms with Crippen LogP contribution in [-0.4, -0.2) is 51.4 Å². The average Bonchev–Trinajstić information content (AvgIpc) is 2.95. The number of carbonyl (C=O) groups excluding carboxylic acids is 2. The molecule has 0 spiro atoms. The Kier molecular flexibility index (Phi) is 10.8. The van der Waals surface area contributed by atoms with Gasteiger partial charge < -0.3 is 15.0 Å². The highest BCUT2D eigenvalue weighted by Crippen LogP contribution is 2.32. The Labute approximate surface area is 235 Å². The zero-order valence-electron chi connectivity index (χ0n) is 22.3. The quantitative estimate of drug-likeness (QED) is 0.315. The Morgan fingerprint density at radius 3 is 2.18 bits per heavy atom. The third-order valence-corrected chi connectivity index (χ3v) is 8.25. The van der Waals surface area contributed by atoms with Gasteiger partial charge >= 0.3 is 0 Å². The second-order valence-electron chi connectivity index (χ2n) is 8.87. The van der Waals surface area contributed by atoms with Crippen molar-refractivity contribution in [2.45, 2.75) is 44.2 Å². The fraction of sp³-hybridized carbons (Fsp3) is 0.310. The predicted molar refractivity (Wildman–Crippen MR) is 153 cm³/mol. The van der Waals surface area contributed by atoms with E-state index in [9.17, 15) is 18.0 Å². The standard InChI is InChI=1S/C29H34ClN3O5S/c1-4-18-31-29(35)26(5-2)32(20-22-12-8-6-9-13-22)28(34)21-33(23-16-17-27(38-3)25(30)19-23)39(36,37)24-14-10-7-11-15-24/h6-17,19,26H,4-5,18,20-21H2,1-3H3,(H,31,35). The number of benzene rings is 3. The molecule has 1 atom stereocenters. The molecule has 0 heterocycles. The smallest absolute Gasteiger partial charge is 0.264 e. The first-order valence-corrected chi connectivity index (χ1v) is 14.6. The van der Waals surface area contributed by atoms with Gasteiger partial charge in [-0.3, -0.25) is 13.9 Å². The Bertz CT molecular complexity index is 1350. The van der Waals surface area contributed by atoms with Crippen LogP contribution in [0, 0.1) is 0 Å². The molecule has 3 rings (SSSR count). The number of carbonyl (C=O) groups is 2. The number of halogens is 1. The molecule has 8 nitrogen and oxygen atoms in total. The maximum Gasteiger partial charge on any atom is 0.264 e. The molecule has 0 aliphatic rings. The minimum atomic E-state index is -4.17. The summed E-state index contributed by atoms with van der Waals surface area (Å²) in [6, 6.07) is 20.9. The van der Waals surface area contributed by atoms with Crippen LogP contribution in [0.15, 0.2) is 83.8 Å². The molecule has 3 aromatic rings. The van der Waals surface area contributed by atoms with Crippen molar-refractivity contribution in [1.29, 1.82) is 0 Å². The van der Waals surface area contributed by atoms with Crippen molar-refractivity contribution in [1.82, 2.24) is 10.2 Å². The molecule has 0 bridgehead atoms. The second-order valence-corrected chi connectivity index (χ2v) is 11.1. The van der Waals surface area contributed by atoms with Gasteiger partial charge in [-0.05, 0) is 48.7 Å². The van der Waals surface area contributed by atoms with Gasteiger partial charge in [-0.25, -0.2) is 8.42 Å². The Balaban J connectivity index is 2.06. The maximum atomic E-state index is 14.0. The summed E-state index contributed by atoms with van der Waals surface area (Å²) in [5.41, 5.74) is 1.01. The third kappa shape index (κ3) is 7.52. The van der Waals surface area contributed by atoms with E-state index < -0.39 is 28.5 Å². The highest BCUT2D eigenvalue weighted by molar-refractivity contribution is 7.92. The van der Waals surface area contributed by atoms with Crippen LogP contribution in [0.4, 0.5) is 5.69 Å². The van der Waals surface area contributed by atoms with E-state index in [4.69, 9.17) is 16.3 Å². The van der Waals surface area contributed by atoms with Gasteiger partial charge in [0.15, 0.2) is 0 Å². The summed E-state index contributed by atoms with van der Waals surface area (Å²) in [6.07, 6.45) is 1.10. The summed E-state index contributed by atoms with van der Waals surface area (Å²) < 4.78 is 33.9. The van der Waals surface area contributed by atoms with E-state index in [-0.39, 0.29) is 28.1 Å². The number of sulfonamides is 1. The van der Waals surface area contributed by atoms with Crippen LogP contribution >= 0.6 is 11.6 Å². The average molecular weight is 572 g/mol. The first-order chi connectivity index (χ1) is 18.7. The molecule has 10 heteroatoms. The van der Waals surface area contributed by atoms with E-state index >= 15 is 0 Å². The van der Waals surface area contributed by atoms with Crippen molar-refractivity contribution in [2.75, 3.05) is 24.5 Å². The minimum Gasteiger partial charge on any atom is -0.495 e. The Morgan fingerprint density at radius 1 is 0.974 bits per heavy atom. The van der Waals surface area contributed by atoms with E-state index in [1.165, 1.54) is 36.3 Å². The summed E-state index contributed by atoms with van der Waals surface area (Å²) in [6.45, 7) is 3.84. The molecule has 0 aliphatic carbocycles. The summed E-state index contributed by atoms with van der Waals surface area (Å²) in [5.74, 6) is -0.439. The molecule has 0 aliphatic heterocycles. The minimum absolute atomic E-state index is 0.0204. The topological polar surface area (TPSA) is 96.0 Å². The Morgan fingerprint density at radius 2 is 1.62 bits per heavy atom. The van der Waals surface area contributed by atoms with E-state index in [2.05, 4.69) is 5.32 Å². The van der Waals surface area contributed by atoms with Gasteiger partial charge in [0, 0.05) is 13.1 Å². The molecule has 1 unspecified atom stereocenters.